The van der Waals surface area contributed by atoms with E-state index < -0.39 is 5.91 Å². The predicted octanol–water partition coefficient (Wildman–Crippen LogP) is 2.25. The van der Waals surface area contributed by atoms with Crippen LogP contribution < -0.4 is 20.5 Å². The molecule has 2 aliphatic rings. The fourth-order valence-electron chi connectivity index (χ4n) is 3.89. The van der Waals surface area contributed by atoms with Gasteiger partial charge in [-0.1, -0.05) is 0 Å². The largest absolute Gasteiger partial charge is 0.490 e. The monoisotopic (exact) mass is 341 g/mol. The number of piperidine rings is 1. The number of nitrogens with one attached hydrogen (secondary N) is 1. The number of pyridine rings is 1. The van der Waals surface area contributed by atoms with Crippen LogP contribution in [0.3, 0.4) is 0 Å². The van der Waals surface area contributed by atoms with Crippen molar-refractivity contribution in [3.05, 3.63) is 30.0 Å². The van der Waals surface area contributed by atoms with E-state index in [1.165, 1.54) is 6.42 Å². The second kappa shape index (κ2) is 6.19. The third-order valence-corrected chi connectivity index (χ3v) is 4.99. The molecule has 2 heterocycles. The lowest BCUT2D eigenvalue weighted by molar-refractivity contribution is 0.0994. The van der Waals surface area contributed by atoms with E-state index in [1.54, 1.807) is 12.3 Å². The van der Waals surface area contributed by atoms with Gasteiger partial charge in [-0.3, -0.25) is 4.79 Å². The normalized spacial score (nSPS) is 24.8. The molecule has 3 atom stereocenters. The number of hydrogen-bond donors (Lipinski definition) is 2. The Bertz CT molecular complexity index is 821. The lowest BCUT2D eigenvalue weighted by atomic mass is 10.1. The molecule has 0 unspecified atom stereocenters. The number of amides is 1. The Morgan fingerprint density at radius 2 is 2.20 bits per heavy atom. The zero-order valence-corrected chi connectivity index (χ0v) is 14.5. The van der Waals surface area contributed by atoms with Crippen molar-refractivity contribution in [1.29, 1.82) is 0 Å². The number of nitrogens with zero attached hydrogens (tertiary/aromatic N) is 1. The van der Waals surface area contributed by atoms with Gasteiger partial charge in [0.05, 0.1) is 11.7 Å². The first kappa shape index (κ1) is 16.1. The van der Waals surface area contributed by atoms with Crippen LogP contribution in [-0.2, 0) is 0 Å². The van der Waals surface area contributed by atoms with Crippen LogP contribution in [0.2, 0.25) is 0 Å². The van der Waals surface area contributed by atoms with Crippen LogP contribution in [-0.4, -0.2) is 35.7 Å². The highest BCUT2D eigenvalue weighted by molar-refractivity contribution is 6.01. The van der Waals surface area contributed by atoms with E-state index >= 15 is 0 Å². The summed E-state index contributed by atoms with van der Waals surface area (Å²) in [6.07, 6.45) is 4.01. The summed E-state index contributed by atoms with van der Waals surface area (Å²) in [5, 5.41) is 5.20. The van der Waals surface area contributed by atoms with Crippen molar-refractivity contribution in [2.45, 2.75) is 44.9 Å². The number of fused-ring (bicyclic) bond motifs is 3. The van der Waals surface area contributed by atoms with Gasteiger partial charge in [-0.2, -0.15) is 0 Å². The molecule has 0 spiro atoms. The van der Waals surface area contributed by atoms with E-state index in [0.717, 1.165) is 23.7 Å². The first-order chi connectivity index (χ1) is 12.0. The van der Waals surface area contributed by atoms with Crippen molar-refractivity contribution >= 4 is 16.7 Å². The molecule has 0 radical (unpaired) electrons. The summed E-state index contributed by atoms with van der Waals surface area (Å²) < 4.78 is 12.0. The molecule has 2 bridgehead atoms. The topological polar surface area (TPSA) is 86.5 Å². The van der Waals surface area contributed by atoms with Crippen molar-refractivity contribution in [3.8, 4) is 11.6 Å². The second-order valence-electron chi connectivity index (χ2n) is 7.22. The minimum absolute atomic E-state index is 0.0636. The Morgan fingerprint density at radius 3 is 2.84 bits per heavy atom. The molecule has 1 saturated carbocycles. The second-order valence-corrected chi connectivity index (χ2v) is 7.22. The standard InChI is InChI=1S/C19H23N3O3/c1-10(2)24-16-8-13-12(7-14(16)18(20)23)3-4-21-19(13)25-17-6-11-5-15(17)22-9-11/h3-4,7-8,10-11,15,17,22H,5-6,9H2,1-2H3,(H2,20,23)/t11-,15+,17+/m0/s1. The summed E-state index contributed by atoms with van der Waals surface area (Å²) in [4.78, 5) is 16.2. The Labute approximate surface area is 146 Å². The molecule has 2 aromatic rings. The molecule has 1 aromatic carbocycles. The van der Waals surface area contributed by atoms with E-state index in [0.29, 0.717) is 29.2 Å². The lowest BCUT2D eigenvalue weighted by Crippen LogP contribution is -2.40. The third-order valence-electron chi connectivity index (χ3n) is 4.99. The van der Waals surface area contributed by atoms with Crippen LogP contribution in [0.4, 0.5) is 0 Å². The molecule has 132 valence electrons. The maximum Gasteiger partial charge on any atom is 0.252 e. The lowest BCUT2D eigenvalue weighted by Gasteiger charge is -2.24. The number of primary amides is 1. The van der Waals surface area contributed by atoms with Gasteiger partial charge in [0.1, 0.15) is 11.9 Å². The maximum atomic E-state index is 11.8. The van der Waals surface area contributed by atoms with Crippen LogP contribution in [0.15, 0.2) is 24.4 Å². The minimum atomic E-state index is -0.505. The van der Waals surface area contributed by atoms with Gasteiger partial charge < -0.3 is 20.5 Å². The molecule has 1 amide bonds. The fourth-order valence-corrected chi connectivity index (χ4v) is 3.89. The number of nitrogens with two attached hydrogens (primary N) is 1. The number of carbonyl (C=O) groups is 1. The highest BCUT2D eigenvalue weighted by Crippen LogP contribution is 2.36. The fraction of sp³-hybridized carbons (Fsp3) is 0.474. The van der Waals surface area contributed by atoms with Gasteiger partial charge in [-0.15, -0.1) is 0 Å². The highest BCUT2D eigenvalue weighted by Gasteiger charge is 2.41. The summed E-state index contributed by atoms with van der Waals surface area (Å²) in [6, 6.07) is 5.83. The summed E-state index contributed by atoms with van der Waals surface area (Å²) in [7, 11) is 0. The number of ether oxygens (including phenoxy) is 2. The average Bonchev–Trinajstić information content (AvgIpc) is 3.17. The quantitative estimate of drug-likeness (QED) is 0.871. The van der Waals surface area contributed by atoms with Crippen molar-refractivity contribution in [3.63, 3.8) is 0 Å². The molecule has 1 aliphatic carbocycles. The molecule has 1 saturated heterocycles. The number of benzene rings is 1. The molecule has 1 aromatic heterocycles. The van der Waals surface area contributed by atoms with Crippen molar-refractivity contribution in [2.24, 2.45) is 11.7 Å². The molecule has 4 rings (SSSR count). The average molecular weight is 341 g/mol. The molecule has 3 N–H and O–H groups in total. The van der Waals surface area contributed by atoms with Gasteiger partial charge >= 0.3 is 0 Å². The number of aromatic nitrogens is 1. The van der Waals surface area contributed by atoms with E-state index in [-0.39, 0.29) is 12.2 Å². The van der Waals surface area contributed by atoms with Gasteiger partial charge in [-0.25, -0.2) is 4.98 Å². The smallest absolute Gasteiger partial charge is 0.252 e. The highest BCUT2D eigenvalue weighted by atomic mass is 16.5. The minimum Gasteiger partial charge on any atom is -0.490 e. The summed E-state index contributed by atoms with van der Waals surface area (Å²) in [6.45, 7) is 4.91. The van der Waals surface area contributed by atoms with Crippen molar-refractivity contribution in [1.82, 2.24) is 10.3 Å². The third kappa shape index (κ3) is 3.02. The van der Waals surface area contributed by atoms with E-state index in [1.807, 2.05) is 26.0 Å². The summed E-state index contributed by atoms with van der Waals surface area (Å²) in [5.74, 6) is 1.25. The van der Waals surface area contributed by atoms with Crippen molar-refractivity contribution < 1.29 is 14.3 Å². The summed E-state index contributed by atoms with van der Waals surface area (Å²) in [5.41, 5.74) is 5.89. The van der Waals surface area contributed by atoms with Crippen LogP contribution in [0, 0.1) is 5.92 Å². The summed E-state index contributed by atoms with van der Waals surface area (Å²) >= 11 is 0. The Kier molecular flexibility index (Phi) is 4.00. The van der Waals surface area contributed by atoms with Gasteiger partial charge in [0.2, 0.25) is 5.88 Å². The Balaban J connectivity index is 1.73. The molecule has 6 nitrogen and oxygen atoms in total. The zero-order chi connectivity index (χ0) is 17.6. The van der Waals surface area contributed by atoms with Crippen LogP contribution in [0.1, 0.15) is 37.0 Å². The SMILES string of the molecule is CC(C)Oc1cc2c(O[C@@H]3C[C@H]4CN[C@@H]3C4)nccc2cc1C(N)=O. The Hall–Kier alpha value is -2.34. The zero-order valence-electron chi connectivity index (χ0n) is 14.5. The van der Waals surface area contributed by atoms with Gasteiger partial charge in [-0.05, 0) is 62.7 Å². The predicted molar refractivity (Wildman–Crippen MR) is 95.0 cm³/mol. The van der Waals surface area contributed by atoms with E-state index in [9.17, 15) is 4.79 Å². The van der Waals surface area contributed by atoms with Gasteiger partial charge in [0, 0.05) is 17.6 Å². The number of carbonyl (C=O) groups excluding carboxylic acids is 1. The molecule has 6 heteroatoms. The molecular weight excluding hydrogens is 318 g/mol. The first-order valence-electron chi connectivity index (χ1n) is 8.80. The van der Waals surface area contributed by atoms with Crippen molar-refractivity contribution in [2.75, 3.05) is 6.54 Å². The van der Waals surface area contributed by atoms with E-state index in [4.69, 9.17) is 15.2 Å². The van der Waals surface area contributed by atoms with Crippen LogP contribution in [0.5, 0.6) is 11.6 Å². The van der Waals surface area contributed by atoms with Gasteiger partial charge in [0.15, 0.2) is 0 Å². The molecule has 2 fully saturated rings. The Morgan fingerprint density at radius 1 is 1.36 bits per heavy atom. The van der Waals surface area contributed by atoms with E-state index in [2.05, 4.69) is 10.3 Å². The maximum absolute atomic E-state index is 11.8. The van der Waals surface area contributed by atoms with Crippen LogP contribution in [0.25, 0.3) is 10.8 Å². The molecule has 1 aliphatic heterocycles. The van der Waals surface area contributed by atoms with Crippen LogP contribution >= 0.6 is 0 Å². The van der Waals surface area contributed by atoms with Gasteiger partial charge in [0.25, 0.3) is 5.91 Å². The number of hydrogen-bond acceptors (Lipinski definition) is 5. The molecule has 25 heavy (non-hydrogen) atoms. The molecular formula is C19H23N3O3. The first-order valence-corrected chi connectivity index (χ1v) is 8.80. The number of rotatable bonds is 5.